The first kappa shape index (κ1) is 13.0. The third-order valence-corrected chi connectivity index (χ3v) is 3.12. The maximum Gasteiger partial charge on any atom is 0.317 e. The van der Waals surface area contributed by atoms with Crippen molar-refractivity contribution in [1.82, 2.24) is 0 Å². The van der Waals surface area contributed by atoms with Gasteiger partial charge in [-0.25, -0.2) is 0 Å². The monoisotopic (exact) mass is 294 g/mol. The largest absolute Gasteiger partial charge is 0.487 e. The predicted molar refractivity (Wildman–Crippen MR) is 68.2 cm³/mol. The van der Waals surface area contributed by atoms with Crippen molar-refractivity contribution in [2.45, 2.75) is 31.8 Å². The minimum Gasteiger partial charge on any atom is -0.487 e. The predicted octanol–water partition coefficient (Wildman–Crippen LogP) is 3.21. The van der Waals surface area contributed by atoms with Gasteiger partial charge in [-0.1, -0.05) is 12.1 Å². The van der Waals surface area contributed by atoms with Gasteiger partial charge < -0.3 is 4.74 Å². The van der Waals surface area contributed by atoms with E-state index < -0.39 is 8.26 Å². The zero-order chi connectivity index (χ0) is 12.8. The van der Waals surface area contributed by atoms with Crippen LogP contribution in [0.3, 0.4) is 0 Å². The number of hydrogen-bond donors (Lipinski definition) is 0. The molecule has 3 rings (SSSR count). The first-order chi connectivity index (χ1) is 7.67. The molecule has 0 N–H and O–H groups in total. The van der Waals surface area contributed by atoms with E-state index >= 15 is 0 Å². The molecule has 0 aromatic heterocycles. The molecule has 0 spiro atoms. The van der Waals surface area contributed by atoms with E-state index in [0.29, 0.717) is 5.92 Å². The van der Waals surface area contributed by atoms with E-state index in [1.54, 1.807) is 0 Å². The lowest BCUT2D eigenvalue weighted by atomic mass is 9.85. The number of benzene rings is 1. The van der Waals surface area contributed by atoms with Crippen molar-refractivity contribution in [3.63, 3.8) is 0 Å². The van der Waals surface area contributed by atoms with Gasteiger partial charge in [-0.15, -0.1) is 0 Å². The van der Waals surface area contributed by atoms with Gasteiger partial charge >= 0.3 is 8.26 Å². The van der Waals surface area contributed by atoms with E-state index in [0.717, 1.165) is 5.75 Å². The summed E-state index contributed by atoms with van der Waals surface area (Å²) in [5.41, 5.74) is 2.86. The fourth-order valence-corrected chi connectivity index (χ4v) is 2.41. The maximum absolute atomic E-state index is 9.16. The molecule has 0 radical (unpaired) electrons. The summed E-state index contributed by atoms with van der Waals surface area (Å²) in [4.78, 5) is 0. The summed E-state index contributed by atoms with van der Waals surface area (Å²) in [7, 11) is 4.81. The van der Waals surface area contributed by atoms with Crippen LogP contribution in [0.4, 0.5) is 0 Å². The van der Waals surface area contributed by atoms with Gasteiger partial charge in [0, 0.05) is 27.3 Å². The molecule has 17 heavy (non-hydrogen) atoms. The van der Waals surface area contributed by atoms with Gasteiger partial charge in [0.15, 0.2) is 0 Å². The van der Waals surface area contributed by atoms with Crippen LogP contribution in [0.25, 0.3) is 0 Å². The van der Waals surface area contributed by atoms with Crippen LogP contribution in [-0.4, -0.2) is 14.0 Å². The molecular formula is C11H12Cl2O3S. The van der Waals surface area contributed by atoms with Gasteiger partial charge in [-0.3, -0.25) is 0 Å². The Morgan fingerprint density at radius 2 is 1.94 bits per heavy atom. The van der Waals surface area contributed by atoms with Crippen molar-refractivity contribution in [3.05, 3.63) is 29.3 Å². The van der Waals surface area contributed by atoms with Gasteiger partial charge in [0.1, 0.15) is 11.4 Å². The minimum absolute atomic E-state index is 0.00463. The van der Waals surface area contributed by atoms with Gasteiger partial charge in [0.2, 0.25) is 0 Å². The van der Waals surface area contributed by atoms with Crippen molar-refractivity contribution in [2.24, 2.45) is 0 Å². The molecular weight excluding hydrogens is 283 g/mol. The molecule has 1 aromatic rings. The molecule has 0 amide bonds. The fourth-order valence-electron chi connectivity index (χ4n) is 2.41. The Hall–Kier alpha value is -0.450. The van der Waals surface area contributed by atoms with Crippen molar-refractivity contribution < 1.29 is 13.2 Å². The Labute approximate surface area is 110 Å². The van der Waals surface area contributed by atoms with Crippen LogP contribution >= 0.6 is 21.4 Å². The van der Waals surface area contributed by atoms with Crippen molar-refractivity contribution in [1.29, 1.82) is 0 Å². The van der Waals surface area contributed by atoms with E-state index in [2.05, 4.69) is 53.4 Å². The van der Waals surface area contributed by atoms with Crippen LogP contribution in [-0.2, 0) is 14.7 Å². The third-order valence-electron chi connectivity index (χ3n) is 3.12. The highest BCUT2D eigenvalue weighted by Crippen LogP contribution is 2.48. The lowest BCUT2D eigenvalue weighted by Crippen LogP contribution is -2.37. The molecule has 2 aliphatic rings. The first-order valence-corrected chi connectivity index (χ1v) is 8.26. The Bertz CT molecular complexity index is 544. The Kier molecular flexibility index (Phi) is 3.09. The maximum atomic E-state index is 9.16. The smallest absolute Gasteiger partial charge is 0.317 e. The standard InChI is InChI=1S/C11H12O.Cl2O2S/c1-11(2)9-6-8-5-7(9)3-4-10(8)12-11;1-5(2,3)4/h3-5,9H,6H2,1-2H3;. The average Bonchev–Trinajstić information content (AvgIpc) is 2.37. The number of fused-ring (bicyclic) bond motifs is 3. The van der Waals surface area contributed by atoms with Crippen molar-refractivity contribution in [2.75, 3.05) is 0 Å². The Balaban J connectivity index is 0.000000188. The molecule has 0 fully saturated rings. The zero-order valence-electron chi connectivity index (χ0n) is 9.41. The summed E-state index contributed by atoms with van der Waals surface area (Å²) in [5, 5.41) is 0. The first-order valence-electron chi connectivity index (χ1n) is 5.13. The van der Waals surface area contributed by atoms with Gasteiger partial charge in [-0.2, -0.15) is 8.42 Å². The second-order valence-electron chi connectivity index (χ2n) is 4.71. The van der Waals surface area contributed by atoms with E-state index in [4.69, 9.17) is 13.2 Å². The highest BCUT2D eigenvalue weighted by molar-refractivity contribution is 8.31. The summed E-state index contributed by atoms with van der Waals surface area (Å²) in [6.07, 6.45) is 1.19. The van der Waals surface area contributed by atoms with E-state index in [-0.39, 0.29) is 5.60 Å². The van der Waals surface area contributed by atoms with Gasteiger partial charge in [0.05, 0.1) is 0 Å². The summed E-state index contributed by atoms with van der Waals surface area (Å²) in [6, 6.07) is 6.60. The van der Waals surface area contributed by atoms with Crippen LogP contribution in [0, 0.1) is 0 Å². The minimum atomic E-state index is -3.72. The third kappa shape index (κ3) is 2.87. The average molecular weight is 295 g/mol. The molecule has 6 heteroatoms. The van der Waals surface area contributed by atoms with Crippen molar-refractivity contribution in [3.8, 4) is 5.75 Å². The lowest BCUT2D eigenvalue weighted by molar-refractivity contribution is 0.0683. The van der Waals surface area contributed by atoms with Crippen LogP contribution in [0.2, 0.25) is 0 Å². The zero-order valence-corrected chi connectivity index (χ0v) is 11.7. The molecule has 1 atom stereocenters. The van der Waals surface area contributed by atoms with E-state index in [9.17, 15) is 0 Å². The summed E-state index contributed by atoms with van der Waals surface area (Å²) in [5.74, 6) is 1.69. The number of hydrogen-bond acceptors (Lipinski definition) is 3. The molecule has 1 unspecified atom stereocenters. The molecule has 1 heterocycles. The molecule has 1 aliphatic heterocycles. The quantitative estimate of drug-likeness (QED) is 0.690. The van der Waals surface area contributed by atoms with E-state index in [1.807, 2.05) is 0 Å². The summed E-state index contributed by atoms with van der Waals surface area (Å²) in [6.45, 7) is 4.36. The normalized spacial score (nSPS) is 22.7. The van der Waals surface area contributed by atoms with Crippen LogP contribution < -0.4 is 4.74 Å². The SMILES string of the molecule is CC1(C)Oc2ccc3cc2CC31.O=S(=O)(Cl)Cl. The molecule has 1 aliphatic carbocycles. The molecule has 0 saturated carbocycles. The highest BCUT2D eigenvalue weighted by atomic mass is 36.0. The topological polar surface area (TPSA) is 43.4 Å². The molecule has 0 saturated heterocycles. The number of ether oxygens (including phenoxy) is 1. The molecule has 3 bridgehead atoms. The number of rotatable bonds is 0. The van der Waals surface area contributed by atoms with Gasteiger partial charge in [-0.05, 0) is 37.5 Å². The second kappa shape index (κ2) is 4.04. The highest BCUT2D eigenvalue weighted by Gasteiger charge is 2.41. The summed E-state index contributed by atoms with van der Waals surface area (Å²) >= 11 is 0. The molecule has 94 valence electrons. The fraction of sp³-hybridized carbons (Fsp3) is 0.455. The lowest BCUT2D eigenvalue weighted by Gasteiger charge is -2.35. The van der Waals surface area contributed by atoms with Crippen LogP contribution in [0.1, 0.15) is 30.9 Å². The van der Waals surface area contributed by atoms with Crippen LogP contribution in [0.15, 0.2) is 18.2 Å². The van der Waals surface area contributed by atoms with Gasteiger partial charge in [0.25, 0.3) is 0 Å². The Morgan fingerprint density at radius 3 is 2.53 bits per heavy atom. The number of halogens is 2. The second-order valence-corrected chi connectivity index (χ2v) is 8.38. The van der Waals surface area contributed by atoms with E-state index in [1.165, 1.54) is 17.5 Å². The van der Waals surface area contributed by atoms with Crippen molar-refractivity contribution >= 4 is 29.6 Å². The summed E-state index contributed by atoms with van der Waals surface area (Å²) < 4.78 is 24.2. The Morgan fingerprint density at radius 1 is 1.35 bits per heavy atom. The van der Waals surface area contributed by atoms with Crippen LogP contribution in [0.5, 0.6) is 5.75 Å². The molecule has 3 nitrogen and oxygen atoms in total. The molecule has 1 aromatic carbocycles.